The van der Waals surface area contributed by atoms with Gasteiger partial charge in [0.15, 0.2) is 10.8 Å². The molecule has 0 bridgehead atoms. The topological polar surface area (TPSA) is 260 Å². The molecule has 0 spiro atoms. The van der Waals surface area contributed by atoms with Gasteiger partial charge in [-0.2, -0.15) is 0 Å². The van der Waals surface area contributed by atoms with Crippen LogP contribution < -0.4 is 30.6 Å². The van der Waals surface area contributed by atoms with Crippen molar-refractivity contribution in [2.75, 3.05) is 33.5 Å². The van der Waals surface area contributed by atoms with Crippen LogP contribution in [0, 0.1) is 23.5 Å². The summed E-state index contributed by atoms with van der Waals surface area (Å²) in [6.07, 6.45) is -7.41. The van der Waals surface area contributed by atoms with Gasteiger partial charge in [0.1, 0.15) is 11.6 Å². The average Bonchev–Trinajstić information content (AvgIpc) is 2.86. The van der Waals surface area contributed by atoms with Crippen LogP contribution in [0.15, 0.2) is 146 Å². The van der Waals surface area contributed by atoms with E-state index in [1.165, 1.54) is 34.1 Å². The first kappa shape index (κ1) is 61.6. The predicted molar refractivity (Wildman–Crippen MR) is 309 cm³/mol. The number of halogens is 2. The summed E-state index contributed by atoms with van der Waals surface area (Å²) in [5.41, 5.74) is -0.462. The molecule has 0 radical (unpaired) electrons. The SMILES string of the molecule is CC(C)C1(C(=O)Nc2ccccc2)C(=O)N(CCC(O)CC(O)C(=O)[O-])c2c1c1ccccc1c1cc(F)ccc21.CC(C)C1(C(=O)Nc2ccccc2)C(=O)N(CCC(O)CC(O)C(=O)[O-])c2c1c1ccccc1c1cc(F)ccc21.[Ca+2]. The fourth-order valence-electron chi connectivity index (χ4n) is 11.9. The van der Waals surface area contributed by atoms with E-state index in [0.29, 0.717) is 77.0 Å². The number of para-hydroxylation sites is 2. The summed E-state index contributed by atoms with van der Waals surface area (Å²) in [7, 11) is 0. The maximum atomic E-state index is 14.6. The van der Waals surface area contributed by atoms with Crippen molar-refractivity contribution in [1.82, 2.24) is 0 Å². The second-order valence-electron chi connectivity index (χ2n) is 21.4. The minimum atomic E-state index is -1.87. The third kappa shape index (κ3) is 11.3. The van der Waals surface area contributed by atoms with Crippen molar-refractivity contribution in [2.24, 2.45) is 11.8 Å². The molecule has 6 N–H and O–H groups in total. The van der Waals surface area contributed by atoms with E-state index in [0.717, 1.165) is 0 Å². The van der Waals surface area contributed by atoms with Gasteiger partial charge in [0.05, 0.1) is 47.7 Å². The maximum Gasteiger partial charge on any atom is 2.00 e. The monoisotopic (exact) mass is 1150 g/mol. The molecule has 83 heavy (non-hydrogen) atoms. The van der Waals surface area contributed by atoms with Gasteiger partial charge in [-0.1, -0.05) is 113 Å². The zero-order valence-corrected chi connectivity index (χ0v) is 48.2. The van der Waals surface area contributed by atoms with E-state index in [1.54, 1.807) is 100 Å². The van der Waals surface area contributed by atoms with Gasteiger partial charge in [-0.3, -0.25) is 19.2 Å². The molecule has 2 heterocycles. The Morgan fingerprint density at radius 1 is 0.482 bits per heavy atom. The quantitative estimate of drug-likeness (QED) is 0.0322. The van der Waals surface area contributed by atoms with E-state index in [2.05, 4.69) is 10.6 Å². The van der Waals surface area contributed by atoms with Gasteiger partial charge in [-0.25, -0.2) is 8.78 Å². The summed E-state index contributed by atoms with van der Waals surface area (Å²) in [6, 6.07) is 40.7. The number of hydrogen-bond donors (Lipinski definition) is 6. The zero-order valence-electron chi connectivity index (χ0n) is 46.0. The molecule has 6 atom stereocenters. The Balaban J connectivity index is 0.000000214. The van der Waals surface area contributed by atoms with Crippen LogP contribution in [0.2, 0.25) is 0 Å². The Morgan fingerprint density at radius 2 is 0.807 bits per heavy atom. The number of carbonyl (C=O) groups excluding carboxylic acids is 6. The molecule has 8 aromatic rings. The number of anilines is 4. The molecule has 0 aromatic heterocycles. The minimum Gasteiger partial charge on any atom is -0.547 e. The second kappa shape index (κ2) is 25.2. The van der Waals surface area contributed by atoms with E-state index in [1.807, 2.05) is 48.5 Å². The van der Waals surface area contributed by atoms with Crippen molar-refractivity contribution in [1.29, 1.82) is 0 Å². The van der Waals surface area contributed by atoms with E-state index in [-0.39, 0.29) is 63.7 Å². The summed E-state index contributed by atoms with van der Waals surface area (Å²) in [5.74, 6) is -7.42. The number of fused-ring (bicyclic) bond motifs is 12. The molecule has 19 heteroatoms. The van der Waals surface area contributed by atoms with Crippen LogP contribution in [0.1, 0.15) is 64.5 Å². The van der Waals surface area contributed by atoms with Crippen LogP contribution in [0.25, 0.3) is 43.1 Å². The fourth-order valence-corrected chi connectivity index (χ4v) is 11.9. The molecule has 2 aliphatic heterocycles. The van der Waals surface area contributed by atoms with Crippen LogP contribution in [-0.4, -0.2) is 131 Å². The van der Waals surface area contributed by atoms with Crippen molar-refractivity contribution in [2.45, 2.75) is 88.6 Å². The molecule has 4 amide bonds. The Kier molecular flexibility index (Phi) is 18.7. The minimum absolute atomic E-state index is 0. The molecule has 8 aromatic carbocycles. The first-order valence-electron chi connectivity index (χ1n) is 26.9. The number of carboxylic acid groups (broad SMARTS) is 2. The molecule has 6 unspecified atom stereocenters. The van der Waals surface area contributed by atoms with E-state index in [4.69, 9.17) is 0 Å². The maximum absolute atomic E-state index is 14.6. The van der Waals surface area contributed by atoms with E-state index >= 15 is 0 Å². The van der Waals surface area contributed by atoms with Gasteiger partial charge >= 0.3 is 37.7 Å². The van der Waals surface area contributed by atoms with Crippen molar-refractivity contribution in [3.8, 4) is 0 Å². The Labute approximate surface area is 506 Å². The molecular formula is C64H60CaF2N4O12. The van der Waals surface area contributed by atoms with Crippen LogP contribution in [0.4, 0.5) is 31.5 Å². The van der Waals surface area contributed by atoms with Crippen LogP contribution >= 0.6 is 0 Å². The number of benzene rings is 8. The third-order valence-electron chi connectivity index (χ3n) is 15.8. The van der Waals surface area contributed by atoms with E-state index < -0.39 is 107 Å². The summed E-state index contributed by atoms with van der Waals surface area (Å²) in [6.45, 7) is 7.03. The fraction of sp³-hybridized carbons (Fsp3) is 0.281. The number of carbonyl (C=O) groups is 6. The number of aliphatic hydroxyl groups is 4. The Hall–Kier alpha value is -7.42. The average molecular weight is 1160 g/mol. The third-order valence-corrected chi connectivity index (χ3v) is 15.8. The molecule has 0 fully saturated rings. The zero-order chi connectivity index (χ0) is 58.9. The number of nitrogens with zero attached hydrogens (tertiary/aromatic N) is 2. The van der Waals surface area contributed by atoms with Gasteiger partial charge in [0.25, 0.3) is 0 Å². The summed E-state index contributed by atoms with van der Waals surface area (Å²) in [4.78, 5) is 82.7. The van der Waals surface area contributed by atoms with Gasteiger partial charge in [-0.15, -0.1) is 0 Å². The largest absolute Gasteiger partial charge is 2.00 e. The number of carboxylic acids is 2. The number of hydrogen-bond acceptors (Lipinski definition) is 12. The molecule has 0 saturated heterocycles. The standard InChI is InChI=1S/2C32H31FN2O6.Ca/c2*1-18(2)32(30(40)34-20-8-4-3-5-9-20)27-23-11-7-6-10-22(23)25-16-19(33)12-13-24(25)28(27)35(31(32)41)15-14-21(36)17-26(37)29(38)39;/h2*3-13,16,18,21,26,36-37H,14-15,17H2,1-2H3,(H,34,40)(H,38,39);/q;;+2/p-2. The van der Waals surface area contributed by atoms with Crippen molar-refractivity contribution < 1.29 is 68.2 Å². The number of amides is 4. The van der Waals surface area contributed by atoms with Gasteiger partial charge in [0, 0.05) is 59.2 Å². The number of aliphatic hydroxyl groups excluding tert-OH is 4. The van der Waals surface area contributed by atoms with Crippen LogP contribution in [0.3, 0.4) is 0 Å². The summed E-state index contributed by atoms with van der Waals surface area (Å²) < 4.78 is 29.1. The normalized spacial score (nSPS) is 17.9. The number of nitrogens with one attached hydrogen (secondary N) is 2. The molecule has 0 aliphatic carbocycles. The molecule has 10 rings (SSSR count). The molecular weight excluding hydrogens is 1090 g/mol. The smallest absolute Gasteiger partial charge is 0.547 e. The van der Waals surface area contributed by atoms with Gasteiger partial charge in [0.2, 0.25) is 23.6 Å². The summed E-state index contributed by atoms with van der Waals surface area (Å²) in [5, 5.41) is 73.0. The predicted octanol–water partition coefficient (Wildman–Crippen LogP) is 6.15. The first-order chi connectivity index (χ1) is 39.1. The van der Waals surface area contributed by atoms with Crippen LogP contribution in [0.5, 0.6) is 0 Å². The summed E-state index contributed by atoms with van der Waals surface area (Å²) >= 11 is 0. The Morgan fingerprint density at radius 3 is 1.13 bits per heavy atom. The van der Waals surface area contributed by atoms with Gasteiger partial charge in [-0.05, 0) is 118 Å². The van der Waals surface area contributed by atoms with Gasteiger partial charge < -0.3 is 60.7 Å². The van der Waals surface area contributed by atoms with Crippen molar-refractivity contribution >= 4 is 139 Å². The first-order valence-corrected chi connectivity index (χ1v) is 26.9. The molecule has 0 saturated carbocycles. The number of rotatable bonds is 18. The molecule has 424 valence electrons. The Bertz CT molecular complexity index is 3570. The number of aliphatic carboxylic acids is 2. The van der Waals surface area contributed by atoms with Crippen LogP contribution in [-0.2, 0) is 39.6 Å². The molecule has 16 nitrogen and oxygen atoms in total. The second-order valence-corrected chi connectivity index (χ2v) is 21.4. The van der Waals surface area contributed by atoms with E-state index in [9.17, 15) is 68.2 Å². The van der Waals surface area contributed by atoms with Crippen molar-refractivity contribution in [3.63, 3.8) is 0 Å². The van der Waals surface area contributed by atoms with Crippen molar-refractivity contribution in [3.05, 3.63) is 168 Å². The molecule has 2 aliphatic rings.